The second-order valence-corrected chi connectivity index (χ2v) is 7.14. The van der Waals surface area contributed by atoms with E-state index < -0.39 is 6.92 Å². The lowest BCUT2D eigenvalue weighted by Gasteiger charge is -2.14. The van der Waals surface area contributed by atoms with Gasteiger partial charge in [-0.1, -0.05) is 84.9 Å². The minimum Gasteiger partial charge on any atom is -0.457 e. The molecule has 2 N–H and O–H groups in total. The predicted octanol–water partition coefficient (Wildman–Crippen LogP) is 1.65. The van der Waals surface area contributed by atoms with Crippen LogP contribution in [0.15, 0.2) is 109 Å². The fourth-order valence-electron chi connectivity index (χ4n) is 3.48. The molecule has 0 unspecified atom stereocenters. The van der Waals surface area contributed by atoms with Crippen molar-refractivity contribution in [2.24, 2.45) is 0 Å². The molecule has 0 bridgehead atoms. The van der Waals surface area contributed by atoms with E-state index in [1.807, 2.05) is 109 Å². The first kappa shape index (κ1) is 20.9. The van der Waals surface area contributed by atoms with Crippen molar-refractivity contribution < 1.29 is 19.5 Å². The van der Waals surface area contributed by atoms with Gasteiger partial charge in [0.25, 0.3) is 0 Å². The fourth-order valence-corrected chi connectivity index (χ4v) is 3.48. The first-order chi connectivity index (χ1) is 15.2. The first-order valence-corrected chi connectivity index (χ1v) is 10.1. The predicted molar refractivity (Wildman–Crippen MR) is 126 cm³/mol. The summed E-state index contributed by atoms with van der Waals surface area (Å²) in [5.41, 5.74) is 3.55. The Balaban J connectivity index is 1.45. The van der Waals surface area contributed by atoms with Gasteiger partial charge in [-0.2, -0.15) is 0 Å². The molecule has 0 aromatic heterocycles. The Hall–Kier alpha value is -3.31. The molecule has 4 rings (SSSR count). The van der Waals surface area contributed by atoms with E-state index >= 15 is 0 Å². The molecule has 0 fully saturated rings. The second-order valence-electron chi connectivity index (χ2n) is 7.14. The van der Waals surface area contributed by atoms with Crippen molar-refractivity contribution in [3.63, 3.8) is 0 Å². The standard InChI is InChI=1S/C25H22B2O4/c28-19-30-27(22-9-5-2-6-10-22)23-13-17-25(18-14-23)31-24-15-11-21(12-16-24)26(29)20-7-3-1-4-8-20/h1-18,28-29H,19H2. The van der Waals surface area contributed by atoms with Crippen LogP contribution in [0.25, 0.3) is 0 Å². The zero-order chi connectivity index (χ0) is 21.5. The lowest BCUT2D eigenvalue weighted by atomic mass is 9.55. The Morgan fingerprint density at radius 3 is 1.48 bits per heavy atom. The lowest BCUT2D eigenvalue weighted by Crippen LogP contribution is -2.45. The highest BCUT2D eigenvalue weighted by Gasteiger charge is 2.21. The van der Waals surface area contributed by atoms with E-state index in [0.717, 1.165) is 21.9 Å². The molecular weight excluding hydrogens is 386 g/mol. The molecule has 0 aliphatic heterocycles. The number of benzene rings is 4. The normalized spacial score (nSPS) is 10.5. The van der Waals surface area contributed by atoms with Crippen LogP contribution in [-0.2, 0) is 4.65 Å². The summed E-state index contributed by atoms with van der Waals surface area (Å²) < 4.78 is 11.5. The SMILES string of the molecule is OCOB(c1ccccc1)c1ccc(Oc2ccc(B(O)c3ccccc3)cc2)cc1. The highest BCUT2D eigenvalue weighted by Crippen LogP contribution is 2.19. The van der Waals surface area contributed by atoms with E-state index in [2.05, 4.69) is 0 Å². The van der Waals surface area contributed by atoms with Gasteiger partial charge in [-0.05, 0) is 46.1 Å². The molecule has 0 spiro atoms. The number of aliphatic hydroxyl groups excluding tert-OH is 1. The molecular formula is C25H22B2O4. The Labute approximate surface area is 182 Å². The minimum atomic E-state index is -0.670. The van der Waals surface area contributed by atoms with Crippen LogP contribution in [0.4, 0.5) is 0 Å². The zero-order valence-electron chi connectivity index (χ0n) is 17.0. The van der Waals surface area contributed by atoms with Crippen molar-refractivity contribution in [3.8, 4) is 11.5 Å². The largest absolute Gasteiger partial charge is 0.457 e. The molecule has 0 radical (unpaired) electrons. The van der Waals surface area contributed by atoms with Crippen LogP contribution in [0.3, 0.4) is 0 Å². The maximum absolute atomic E-state index is 10.5. The maximum Gasteiger partial charge on any atom is 0.363 e. The summed E-state index contributed by atoms with van der Waals surface area (Å²) in [4.78, 5) is 0. The molecule has 0 aliphatic rings. The van der Waals surface area contributed by atoms with Crippen LogP contribution in [0.5, 0.6) is 11.5 Å². The van der Waals surface area contributed by atoms with Crippen LogP contribution in [-0.4, -0.2) is 30.8 Å². The van der Waals surface area contributed by atoms with Gasteiger partial charge in [0, 0.05) is 0 Å². The molecule has 4 aromatic rings. The minimum absolute atomic E-state index is 0.348. The van der Waals surface area contributed by atoms with Crippen LogP contribution >= 0.6 is 0 Å². The lowest BCUT2D eigenvalue weighted by molar-refractivity contribution is 0.101. The molecule has 31 heavy (non-hydrogen) atoms. The molecule has 0 atom stereocenters. The van der Waals surface area contributed by atoms with Crippen LogP contribution in [0, 0.1) is 0 Å². The van der Waals surface area contributed by atoms with Crippen molar-refractivity contribution in [1.82, 2.24) is 0 Å². The molecule has 0 amide bonds. The first-order valence-electron chi connectivity index (χ1n) is 10.1. The fraction of sp³-hybridized carbons (Fsp3) is 0.0400. The van der Waals surface area contributed by atoms with Gasteiger partial charge in [0.05, 0.1) is 0 Å². The average Bonchev–Trinajstić information content (AvgIpc) is 2.84. The van der Waals surface area contributed by atoms with E-state index in [-0.39, 0.29) is 13.7 Å². The topological polar surface area (TPSA) is 58.9 Å². The van der Waals surface area contributed by atoms with Crippen molar-refractivity contribution in [1.29, 1.82) is 0 Å². The Morgan fingerprint density at radius 2 is 0.968 bits per heavy atom. The monoisotopic (exact) mass is 408 g/mol. The Bertz CT molecular complexity index is 1070. The van der Waals surface area contributed by atoms with E-state index in [9.17, 15) is 10.1 Å². The van der Waals surface area contributed by atoms with Gasteiger partial charge in [-0.3, -0.25) is 0 Å². The number of aliphatic hydroxyl groups is 1. The van der Waals surface area contributed by atoms with Gasteiger partial charge in [0.15, 0.2) is 0 Å². The molecule has 0 saturated carbocycles. The quantitative estimate of drug-likeness (QED) is 0.344. The summed E-state index contributed by atoms with van der Waals surface area (Å²) in [5.74, 6) is 1.37. The number of rotatable bonds is 8. The van der Waals surface area contributed by atoms with Crippen molar-refractivity contribution >= 4 is 35.7 Å². The van der Waals surface area contributed by atoms with E-state index in [1.165, 1.54) is 0 Å². The third-order valence-corrected chi connectivity index (χ3v) is 5.07. The molecule has 6 heteroatoms. The maximum atomic E-state index is 10.5. The summed E-state index contributed by atoms with van der Waals surface area (Å²) in [6.45, 7) is -1.38. The Kier molecular flexibility index (Phi) is 6.85. The summed E-state index contributed by atoms with van der Waals surface area (Å²) >= 11 is 0. The highest BCUT2D eigenvalue weighted by molar-refractivity contribution is 6.80. The number of hydrogen-bond acceptors (Lipinski definition) is 4. The summed E-state index contributed by atoms with van der Waals surface area (Å²) in [7, 11) is 0. The summed E-state index contributed by atoms with van der Waals surface area (Å²) in [6, 6.07) is 34.3. The molecule has 0 saturated heterocycles. The van der Waals surface area contributed by atoms with Crippen molar-refractivity contribution in [3.05, 3.63) is 109 Å². The number of ether oxygens (including phenoxy) is 1. The van der Waals surface area contributed by atoms with Gasteiger partial charge >= 0.3 is 13.8 Å². The van der Waals surface area contributed by atoms with Gasteiger partial charge in [-0.15, -0.1) is 0 Å². The van der Waals surface area contributed by atoms with Crippen LogP contribution in [0.1, 0.15) is 0 Å². The summed E-state index contributed by atoms with van der Waals surface area (Å²) in [6.07, 6.45) is 0. The van der Waals surface area contributed by atoms with Crippen LogP contribution < -0.4 is 26.6 Å². The van der Waals surface area contributed by atoms with Gasteiger partial charge < -0.3 is 19.5 Å². The zero-order valence-corrected chi connectivity index (χ0v) is 17.0. The highest BCUT2D eigenvalue weighted by atomic mass is 16.6. The van der Waals surface area contributed by atoms with Crippen molar-refractivity contribution in [2.75, 3.05) is 6.79 Å². The third-order valence-electron chi connectivity index (χ3n) is 5.07. The number of hydrogen-bond donors (Lipinski definition) is 2. The molecule has 0 heterocycles. The molecule has 0 aliphatic carbocycles. The van der Waals surface area contributed by atoms with E-state index in [1.54, 1.807) is 0 Å². The average molecular weight is 408 g/mol. The van der Waals surface area contributed by atoms with Gasteiger partial charge in [-0.25, -0.2) is 0 Å². The molecule has 4 nitrogen and oxygen atoms in total. The Morgan fingerprint density at radius 1 is 0.548 bits per heavy atom. The summed E-state index contributed by atoms with van der Waals surface area (Å²) in [5, 5.41) is 19.8. The van der Waals surface area contributed by atoms with Crippen LogP contribution in [0.2, 0.25) is 0 Å². The smallest absolute Gasteiger partial charge is 0.363 e. The van der Waals surface area contributed by atoms with E-state index in [0.29, 0.717) is 11.5 Å². The third kappa shape index (κ3) is 5.25. The molecule has 4 aromatic carbocycles. The van der Waals surface area contributed by atoms with Gasteiger partial charge in [0.1, 0.15) is 18.3 Å². The second kappa shape index (κ2) is 10.1. The van der Waals surface area contributed by atoms with E-state index in [4.69, 9.17) is 9.39 Å². The van der Waals surface area contributed by atoms with Gasteiger partial charge in [0.2, 0.25) is 0 Å². The molecule has 152 valence electrons. The van der Waals surface area contributed by atoms with Crippen molar-refractivity contribution in [2.45, 2.75) is 0 Å².